The summed E-state index contributed by atoms with van der Waals surface area (Å²) >= 11 is 0. The van der Waals surface area contributed by atoms with E-state index >= 15 is 0 Å². The van der Waals surface area contributed by atoms with Gasteiger partial charge in [0.1, 0.15) is 12.1 Å². The molecule has 0 aliphatic carbocycles. The Balaban J connectivity index is 3.21. The summed E-state index contributed by atoms with van der Waals surface area (Å²) in [5.74, 6) is -1.89. The van der Waals surface area contributed by atoms with Crippen LogP contribution in [0.3, 0.4) is 0 Å². The predicted molar refractivity (Wildman–Crippen MR) is 111 cm³/mol. The van der Waals surface area contributed by atoms with Gasteiger partial charge >= 0.3 is 12.1 Å². The molecule has 0 aromatic heterocycles. The van der Waals surface area contributed by atoms with Gasteiger partial charge in [-0.2, -0.15) is 0 Å². The maximum atomic E-state index is 12.4. The molecule has 1 N–H and O–H groups in total. The number of nitrogens with zero attached hydrogens (tertiary/aromatic N) is 2. The number of rotatable bonds is 0. The van der Waals surface area contributed by atoms with Crippen molar-refractivity contribution in [3.8, 4) is 0 Å². The van der Waals surface area contributed by atoms with Crippen molar-refractivity contribution in [2.24, 2.45) is 4.99 Å². The largest absolute Gasteiger partial charge is 0.461 e. The number of aliphatic imine (C=N–C) groups is 1. The van der Waals surface area contributed by atoms with Gasteiger partial charge in [-0.3, -0.25) is 14.9 Å². The third-order valence-electron chi connectivity index (χ3n) is 3.89. The van der Waals surface area contributed by atoms with Crippen molar-refractivity contribution in [1.82, 2.24) is 10.2 Å². The standard InChI is InChI=1S/C21H35N3O5/c1-16-13-11-9-7-6-8-10-12-14-17(25)22-19(24(5)15-18(26)28-16)23-20(27)29-21(2,3)4/h6-7,16H,8-15H2,1-5H3,(H,22,23,25,27)/b7-6-/t16-/m0/s1/i5D3. The Labute approximate surface area is 177 Å². The van der Waals surface area contributed by atoms with Crippen LogP contribution in [0.25, 0.3) is 0 Å². The van der Waals surface area contributed by atoms with Gasteiger partial charge in [0.2, 0.25) is 11.9 Å². The van der Waals surface area contributed by atoms with E-state index in [1.165, 1.54) is 0 Å². The van der Waals surface area contributed by atoms with Gasteiger partial charge in [-0.05, 0) is 66.2 Å². The van der Waals surface area contributed by atoms with Gasteiger partial charge in [0.25, 0.3) is 0 Å². The van der Waals surface area contributed by atoms with Gasteiger partial charge in [-0.15, -0.1) is 4.99 Å². The summed E-state index contributed by atoms with van der Waals surface area (Å²) in [6, 6.07) is 0. The van der Waals surface area contributed by atoms with Gasteiger partial charge in [0.05, 0.1) is 6.10 Å². The summed E-state index contributed by atoms with van der Waals surface area (Å²) in [5.41, 5.74) is -0.880. The Kier molecular flexibility index (Phi) is 8.41. The molecule has 1 atom stereocenters. The van der Waals surface area contributed by atoms with Crippen LogP contribution in [0.1, 0.15) is 76.8 Å². The Morgan fingerprint density at radius 2 is 1.97 bits per heavy atom. The van der Waals surface area contributed by atoms with Crippen LogP contribution in [-0.2, 0) is 19.1 Å². The minimum absolute atomic E-state index is 0.109. The van der Waals surface area contributed by atoms with Gasteiger partial charge < -0.3 is 14.4 Å². The molecule has 8 nitrogen and oxygen atoms in total. The summed E-state index contributed by atoms with van der Waals surface area (Å²) in [6.07, 6.45) is 7.19. The van der Waals surface area contributed by atoms with Crippen LogP contribution in [0.5, 0.6) is 0 Å². The van der Waals surface area contributed by atoms with Gasteiger partial charge in [-0.25, -0.2) is 4.79 Å². The first kappa shape index (κ1) is 19.9. The SMILES string of the molecule is [2H]C([2H])([2H])N1CC(=O)O[C@@H](C)CCC/C=C\CCCCC(=O)N/C1=N/C(=O)OC(C)(C)C. The minimum Gasteiger partial charge on any atom is -0.461 e. The number of cyclic esters (lactones) is 1. The quantitative estimate of drug-likeness (QED) is 0.483. The van der Waals surface area contributed by atoms with E-state index in [2.05, 4.69) is 22.5 Å². The second kappa shape index (κ2) is 12.2. The highest BCUT2D eigenvalue weighted by atomic mass is 16.6. The lowest BCUT2D eigenvalue weighted by Gasteiger charge is -2.23. The number of hydrogen-bond donors (Lipinski definition) is 1. The highest BCUT2D eigenvalue weighted by molar-refractivity contribution is 6.01. The summed E-state index contributed by atoms with van der Waals surface area (Å²) < 4.78 is 33.9. The monoisotopic (exact) mass is 412 g/mol. The van der Waals surface area contributed by atoms with E-state index in [1.807, 2.05) is 0 Å². The summed E-state index contributed by atoms with van der Waals surface area (Å²) in [6.45, 7) is 3.01. The topological polar surface area (TPSA) is 97.3 Å². The number of carbonyl (C=O) groups is 3. The van der Waals surface area contributed by atoms with Crippen LogP contribution in [0.4, 0.5) is 4.79 Å². The molecule has 0 unspecified atom stereocenters. The lowest BCUT2D eigenvalue weighted by Crippen LogP contribution is -2.45. The van der Waals surface area contributed by atoms with Gasteiger partial charge in [0, 0.05) is 17.5 Å². The smallest absolute Gasteiger partial charge is 0.437 e. The van der Waals surface area contributed by atoms with E-state index in [1.54, 1.807) is 27.7 Å². The number of hydrogen-bond acceptors (Lipinski definition) is 5. The first-order chi connectivity index (χ1) is 14.8. The molecule has 0 radical (unpaired) electrons. The van der Waals surface area contributed by atoms with Crippen LogP contribution in [0.15, 0.2) is 17.1 Å². The van der Waals surface area contributed by atoms with Crippen molar-refractivity contribution < 1.29 is 28.0 Å². The number of nitrogens with one attached hydrogen (secondary N) is 1. The second-order valence-corrected chi connectivity index (χ2v) is 8.00. The van der Waals surface area contributed by atoms with Crippen molar-refractivity contribution in [3.05, 3.63) is 12.2 Å². The summed E-state index contributed by atoms with van der Waals surface area (Å²) in [7, 11) is 0. The molecule has 0 spiro atoms. The molecule has 1 aliphatic rings. The molecule has 0 fully saturated rings. The Bertz CT molecular complexity index is 714. The van der Waals surface area contributed by atoms with E-state index in [-0.39, 0.29) is 6.42 Å². The fraction of sp³-hybridized carbons (Fsp3) is 0.714. The van der Waals surface area contributed by atoms with Crippen LogP contribution >= 0.6 is 0 Å². The van der Waals surface area contributed by atoms with Crippen molar-refractivity contribution in [1.29, 1.82) is 0 Å². The molecule has 0 saturated heterocycles. The maximum absolute atomic E-state index is 12.4. The molecule has 0 bridgehead atoms. The number of allylic oxidation sites excluding steroid dienone is 2. The molecule has 164 valence electrons. The fourth-order valence-corrected chi connectivity index (χ4v) is 2.55. The number of guanidine groups is 1. The van der Waals surface area contributed by atoms with Crippen LogP contribution < -0.4 is 5.32 Å². The Morgan fingerprint density at radius 3 is 2.62 bits per heavy atom. The number of amides is 2. The first-order valence-electron chi connectivity index (χ1n) is 11.5. The van der Waals surface area contributed by atoms with Crippen LogP contribution in [0, 0.1) is 0 Å². The lowest BCUT2D eigenvalue weighted by molar-refractivity contribution is -0.148. The first-order valence-corrected chi connectivity index (χ1v) is 10.0. The van der Waals surface area contributed by atoms with Crippen molar-refractivity contribution in [2.45, 2.75) is 84.3 Å². The average molecular weight is 413 g/mol. The molecule has 1 aliphatic heterocycles. The average Bonchev–Trinajstić information content (AvgIpc) is 2.61. The van der Waals surface area contributed by atoms with E-state index in [4.69, 9.17) is 13.6 Å². The molecule has 0 aromatic carbocycles. The van der Waals surface area contributed by atoms with E-state index in [9.17, 15) is 14.4 Å². The van der Waals surface area contributed by atoms with E-state index in [0.717, 1.165) is 25.7 Å². The molecular weight excluding hydrogens is 374 g/mol. The highest BCUT2D eigenvalue weighted by Crippen LogP contribution is 2.10. The number of likely N-dealkylation sites (N-methyl/N-ethyl adjacent to an activating group) is 1. The van der Waals surface area contributed by atoms with Crippen molar-refractivity contribution in [2.75, 3.05) is 13.5 Å². The van der Waals surface area contributed by atoms with Gasteiger partial charge in [0.15, 0.2) is 0 Å². The van der Waals surface area contributed by atoms with E-state index < -0.39 is 49.2 Å². The van der Waals surface area contributed by atoms with Crippen LogP contribution in [-0.4, -0.2) is 54.1 Å². The molecule has 0 aromatic rings. The highest BCUT2D eigenvalue weighted by Gasteiger charge is 2.21. The van der Waals surface area contributed by atoms with Gasteiger partial charge in [-0.1, -0.05) is 12.2 Å². The Morgan fingerprint density at radius 1 is 1.28 bits per heavy atom. The molecule has 29 heavy (non-hydrogen) atoms. The lowest BCUT2D eigenvalue weighted by atomic mass is 10.1. The van der Waals surface area contributed by atoms with E-state index in [0.29, 0.717) is 17.7 Å². The normalized spacial score (nSPS) is 25.7. The summed E-state index contributed by atoms with van der Waals surface area (Å²) in [4.78, 5) is 41.3. The maximum Gasteiger partial charge on any atom is 0.437 e. The minimum atomic E-state index is -2.87. The van der Waals surface area contributed by atoms with Crippen molar-refractivity contribution in [3.63, 3.8) is 0 Å². The number of esters is 1. The number of carbonyl (C=O) groups excluding carboxylic acids is 3. The third-order valence-corrected chi connectivity index (χ3v) is 3.89. The molecule has 8 heteroatoms. The van der Waals surface area contributed by atoms with Crippen LogP contribution in [0.2, 0.25) is 0 Å². The second-order valence-electron chi connectivity index (χ2n) is 8.00. The Hall–Kier alpha value is -2.38. The fourth-order valence-electron chi connectivity index (χ4n) is 2.55. The summed E-state index contributed by atoms with van der Waals surface area (Å²) in [5, 5.41) is 2.37. The predicted octanol–water partition coefficient (Wildman–Crippen LogP) is 3.56. The molecular formula is C21H35N3O5. The molecule has 1 heterocycles. The van der Waals surface area contributed by atoms with Crippen molar-refractivity contribution >= 4 is 23.9 Å². The molecule has 2 amide bonds. The third kappa shape index (κ3) is 11.9. The zero-order valence-electron chi connectivity index (χ0n) is 20.8. The zero-order chi connectivity index (χ0) is 24.4. The number of ether oxygens (including phenoxy) is 2. The molecule has 0 saturated carbocycles. The molecule has 1 rings (SSSR count). The zero-order valence-corrected chi connectivity index (χ0v) is 17.8.